The number of fused-ring (bicyclic) bond motifs is 1. The minimum absolute atomic E-state index is 0.0777. The van der Waals surface area contributed by atoms with Crippen LogP contribution in [0.5, 0.6) is 0 Å². The maximum Gasteiger partial charge on any atom is 0.278 e. The molecule has 2 aromatic heterocycles. The average Bonchev–Trinajstić information content (AvgIpc) is 2.67. The molecular formula is C11H12N4OS. The van der Waals surface area contributed by atoms with E-state index in [0.717, 1.165) is 5.69 Å². The second-order valence-corrected chi connectivity index (χ2v) is 4.55. The van der Waals surface area contributed by atoms with Crippen LogP contribution in [0.15, 0.2) is 16.0 Å². The lowest BCUT2D eigenvalue weighted by Gasteiger charge is -2.07. The number of hydrogen-bond donors (Lipinski definition) is 1. The highest BCUT2D eigenvalue weighted by molar-refractivity contribution is 7.99. The van der Waals surface area contributed by atoms with Crippen molar-refractivity contribution in [3.63, 3.8) is 0 Å². The summed E-state index contributed by atoms with van der Waals surface area (Å²) in [5, 5.41) is 9.19. The predicted molar refractivity (Wildman–Crippen MR) is 67.1 cm³/mol. The molecule has 0 aromatic carbocycles. The van der Waals surface area contributed by atoms with Gasteiger partial charge in [-0.2, -0.15) is 5.26 Å². The number of nitriles is 1. The number of rotatable bonds is 3. The summed E-state index contributed by atoms with van der Waals surface area (Å²) in [5.74, 6) is 0.293. The molecule has 0 amide bonds. The lowest BCUT2D eigenvalue weighted by molar-refractivity contribution is 0.634. The fourth-order valence-electron chi connectivity index (χ4n) is 1.70. The number of aromatic nitrogens is 3. The van der Waals surface area contributed by atoms with Gasteiger partial charge < -0.3 is 4.98 Å². The Morgan fingerprint density at radius 3 is 3.06 bits per heavy atom. The van der Waals surface area contributed by atoms with Crippen molar-refractivity contribution in [1.82, 2.24) is 14.5 Å². The van der Waals surface area contributed by atoms with Gasteiger partial charge in [0.2, 0.25) is 0 Å². The number of nitrogens with zero attached hydrogens (tertiary/aromatic N) is 3. The first-order valence-electron chi connectivity index (χ1n) is 5.27. The fraction of sp³-hybridized carbons (Fsp3) is 0.364. The van der Waals surface area contributed by atoms with Gasteiger partial charge in [-0.15, -0.1) is 0 Å². The summed E-state index contributed by atoms with van der Waals surface area (Å²) in [6.45, 7) is 4.33. The SMILES string of the molecule is CCn1c(SCC#N)nc2cc(C)[nH]c2c1=O. The van der Waals surface area contributed by atoms with Crippen LogP contribution in [0.25, 0.3) is 11.0 Å². The molecule has 2 heterocycles. The molecule has 0 aliphatic heterocycles. The standard InChI is InChI=1S/C11H12N4OS/c1-3-15-10(16)9-8(6-7(2)13-9)14-11(15)17-5-4-12/h6,13H,3,5H2,1-2H3. The minimum Gasteiger partial charge on any atom is -0.353 e. The molecule has 5 nitrogen and oxygen atoms in total. The van der Waals surface area contributed by atoms with Gasteiger partial charge in [-0.3, -0.25) is 9.36 Å². The minimum atomic E-state index is -0.0777. The van der Waals surface area contributed by atoms with Gasteiger partial charge >= 0.3 is 0 Å². The van der Waals surface area contributed by atoms with Crippen LogP contribution in [-0.4, -0.2) is 20.3 Å². The molecule has 17 heavy (non-hydrogen) atoms. The molecule has 0 saturated carbocycles. The van der Waals surface area contributed by atoms with Crippen molar-refractivity contribution in [2.45, 2.75) is 25.5 Å². The summed E-state index contributed by atoms with van der Waals surface area (Å²) in [4.78, 5) is 19.6. The number of thioether (sulfide) groups is 1. The first kappa shape index (κ1) is 11.7. The monoisotopic (exact) mass is 248 g/mol. The largest absolute Gasteiger partial charge is 0.353 e. The summed E-state index contributed by atoms with van der Waals surface area (Å²) >= 11 is 1.29. The zero-order valence-electron chi connectivity index (χ0n) is 9.65. The molecule has 0 aliphatic carbocycles. The normalized spacial score (nSPS) is 10.6. The highest BCUT2D eigenvalue weighted by Gasteiger charge is 2.11. The van der Waals surface area contributed by atoms with E-state index >= 15 is 0 Å². The highest BCUT2D eigenvalue weighted by Crippen LogP contribution is 2.17. The number of nitrogens with one attached hydrogen (secondary N) is 1. The average molecular weight is 248 g/mol. The molecule has 0 unspecified atom stereocenters. The number of H-pyrrole nitrogens is 1. The van der Waals surface area contributed by atoms with Crippen LogP contribution >= 0.6 is 11.8 Å². The quantitative estimate of drug-likeness (QED) is 0.662. The Hall–Kier alpha value is -1.74. The molecule has 0 radical (unpaired) electrons. The fourth-order valence-corrected chi connectivity index (χ4v) is 2.42. The lowest BCUT2D eigenvalue weighted by Crippen LogP contribution is -2.22. The van der Waals surface area contributed by atoms with E-state index in [9.17, 15) is 4.79 Å². The topological polar surface area (TPSA) is 74.5 Å². The van der Waals surface area contributed by atoms with Crippen LogP contribution in [0.2, 0.25) is 0 Å². The van der Waals surface area contributed by atoms with E-state index in [0.29, 0.717) is 28.5 Å². The maximum absolute atomic E-state index is 12.2. The van der Waals surface area contributed by atoms with Crippen molar-refractivity contribution in [2.24, 2.45) is 0 Å². The molecule has 0 aliphatic rings. The first-order chi connectivity index (χ1) is 8.17. The summed E-state index contributed by atoms with van der Waals surface area (Å²) in [6.07, 6.45) is 0. The summed E-state index contributed by atoms with van der Waals surface area (Å²) in [7, 11) is 0. The zero-order valence-corrected chi connectivity index (χ0v) is 10.5. The third-order valence-corrected chi connectivity index (χ3v) is 3.26. The van der Waals surface area contributed by atoms with Gasteiger partial charge in [-0.25, -0.2) is 4.98 Å². The Morgan fingerprint density at radius 2 is 2.41 bits per heavy atom. The van der Waals surface area contributed by atoms with E-state index < -0.39 is 0 Å². The number of aryl methyl sites for hydroxylation is 1. The molecular weight excluding hydrogens is 236 g/mol. The summed E-state index contributed by atoms with van der Waals surface area (Å²) < 4.78 is 1.58. The molecule has 0 spiro atoms. The number of aromatic amines is 1. The van der Waals surface area contributed by atoms with Crippen LogP contribution in [0.3, 0.4) is 0 Å². The van der Waals surface area contributed by atoms with E-state index in [2.05, 4.69) is 9.97 Å². The molecule has 0 atom stereocenters. The van der Waals surface area contributed by atoms with Gasteiger partial charge in [0.25, 0.3) is 5.56 Å². The van der Waals surface area contributed by atoms with Gasteiger partial charge in [0, 0.05) is 12.2 Å². The Morgan fingerprint density at radius 1 is 1.65 bits per heavy atom. The Kier molecular flexibility index (Phi) is 3.20. The Labute approximate surface area is 102 Å². The summed E-state index contributed by atoms with van der Waals surface area (Å²) in [6, 6.07) is 3.88. The molecule has 2 aromatic rings. The molecule has 0 bridgehead atoms. The lowest BCUT2D eigenvalue weighted by atomic mass is 10.4. The van der Waals surface area contributed by atoms with Crippen molar-refractivity contribution >= 4 is 22.8 Å². The van der Waals surface area contributed by atoms with Crippen molar-refractivity contribution in [3.05, 3.63) is 22.1 Å². The number of hydrogen-bond acceptors (Lipinski definition) is 4. The van der Waals surface area contributed by atoms with Crippen LogP contribution < -0.4 is 5.56 Å². The maximum atomic E-state index is 12.2. The molecule has 1 N–H and O–H groups in total. The second kappa shape index (κ2) is 4.63. The van der Waals surface area contributed by atoms with Crippen LogP contribution in [0, 0.1) is 18.3 Å². The second-order valence-electron chi connectivity index (χ2n) is 3.60. The molecule has 0 fully saturated rings. The van der Waals surface area contributed by atoms with Crippen LogP contribution in [0.4, 0.5) is 0 Å². The molecule has 6 heteroatoms. The van der Waals surface area contributed by atoms with Crippen molar-refractivity contribution in [3.8, 4) is 6.07 Å². The highest BCUT2D eigenvalue weighted by atomic mass is 32.2. The van der Waals surface area contributed by atoms with Crippen molar-refractivity contribution in [2.75, 3.05) is 5.75 Å². The van der Waals surface area contributed by atoms with Crippen LogP contribution in [-0.2, 0) is 6.54 Å². The van der Waals surface area contributed by atoms with E-state index in [1.807, 2.05) is 26.0 Å². The van der Waals surface area contributed by atoms with Gasteiger partial charge in [-0.05, 0) is 19.9 Å². The van der Waals surface area contributed by atoms with E-state index in [-0.39, 0.29) is 5.56 Å². The smallest absolute Gasteiger partial charge is 0.278 e. The molecule has 88 valence electrons. The zero-order chi connectivity index (χ0) is 12.4. The first-order valence-corrected chi connectivity index (χ1v) is 6.25. The van der Waals surface area contributed by atoms with Crippen molar-refractivity contribution < 1.29 is 0 Å². The van der Waals surface area contributed by atoms with Crippen molar-refractivity contribution in [1.29, 1.82) is 5.26 Å². The predicted octanol–water partition coefficient (Wildman–Crippen LogP) is 1.67. The van der Waals surface area contributed by atoms with Gasteiger partial charge in [0.1, 0.15) is 5.52 Å². The van der Waals surface area contributed by atoms with E-state index in [4.69, 9.17) is 5.26 Å². The third kappa shape index (κ3) is 2.06. The third-order valence-electron chi connectivity index (χ3n) is 2.42. The summed E-state index contributed by atoms with van der Waals surface area (Å²) in [5.41, 5.74) is 2.03. The van der Waals surface area contributed by atoms with Gasteiger partial charge in [-0.1, -0.05) is 11.8 Å². The van der Waals surface area contributed by atoms with Gasteiger partial charge in [0.15, 0.2) is 5.16 Å². The Balaban J connectivity index is 2.66. The Bertz CT molecular complexity index is 650. The molecule has 0 saturated heterocycles. The molecule has 2 rings (SSSR count). The van der Waals surface area contributed by atoms with Crippen LogP contribution in [0.1, 0.15) is 12.6 Å². The van der Waals surface area contributed by atoms with E-state index in [1.54, 1.807) is 4.57 Å². The van der Waals surface area contributed by atoms with E-state index in [1.165, 1.54) is 11.8 Å². The van der Waals surface area contributed by atoms with Gasteiger partial charge in [0.05, 0.1) is 17.3 Å².